The molecule has 0 spiro atoms. The van der Waals surface area contributed by atoms with Crippen molar-refractivity contribution < 1.29 is 23.8 Å². The topological polar surface area (TPSA) is 109 Å². The highest BCUT2D eigenvalue weighted by Gasteiger charge is 2.42. The fourth-order valence-corrected chi connectivity index (χ4v) is 4.55. The Kier molecular flexibility index (Phi) is 8.60. The molecule has 36 heavy (non-hydrogen) atoms. The van der Waals surface area contributed by atoms with E-state index in [1.54, 1.807) is 46.0 Å². The van der Waals surface area contributed by atoms with Crippen molar-refractivity contribution in [3.05, 3.63) is 84.3 Å². The molecule has 2 heterocycles. The maximum Gasteiger partial charge on any atom is 0.336 e. The van der Waals surface area contributed by atoms with Gasteiger partial charge in [0.2, 0.25) is 0 Å². The van der Waals surface area contributed by atoms with Gasteiger partial charge in [-0.05, 0) is 32.4 Å². The lowest BCUT2D eigenvalue weighted by atomic mass is 9.79. The summed E-state index contributed by atoms with van der Waals surface area (Å²) >= 11 is 12.9. The molecule has 2 aromatic rings. The highest BCUT2D eigenvalue weighted by atomic mass is 35.5. The molecule has 0 radical (unpaired) electrons. The van der Waals surface area contributed by atoms with Crippen molar-refractivity contribution in [2.45, 2.75) is 32.8 Å². The number of aryl methyl sites for hydroxylation is 1. The van der Waals surface area contributed by atoms with Crippen molar-refractivity contribution in [3.8, 4) is 0 Å². The molecule has 2 atom stereocenters. The van der Waals surface area contributed by atoms with E-state index in [2.05, 4.69) is 10.3 Å². The fraction of sp³-hybridized carbons (Fsp3) is 0.360. The highest BCUT2D eigenvalue weighted by Crippen LogP contribution is 2.45. The van der Waals surface area contributed by atoms with Crippen LogP contribution in [0.5, 0.6) is 0 Å². The number of aromatic nitrogens is 2. The van der Waals surface area contributed by atoms with Crippen LogP contribution in [0, 0.1) is 6.92 Å². The molecule has 1 N–H and O–H groups in total. The molecule has 1 aromatic heterocycles. The summed E-state index contributed by atoms with van der Waals surface area (Å²) in [5.41, 5.74) is 1.22. The van der Waals surface area contributed by atoms with Crippen LogP contribution >= 0.6 is 23.2 Å². The number of ether oxygens (including phenoxy) is 3. The molecule has 0 fully saturated rings. The minimum absolute atomic E-state index is 0.0546. The predicted octanol–water partition coefficient (Wildman–Crippen LogP) is 3.73. The third-order valence-electron chi connectivity index (χ3n) is 5.93. The minimum Gasteiger partial charge on any atom is -0.466 e. The van der Waals surface area contributed by atoms with Gasteiger partial charge in [0.1, 0.15) is 11.9 Å². The third kappa shape index (κ3) is 5.04. The second-order valence-electron chi connectivity index (χ2n) is 8.02. The molecule has 0 saturated carbocycles. The lowest BCUT2D eigenvalue weighted by Crippen LogP contribution is -2.36. The lowest BCUT2D eigenvalue weighted by molar-refractivity contribution is -0.139. The van der Waals surface area contributed by atoms with Gasteiger partial charge >= 0.3 is 11.9 Å². The summed E-state index contributed by atoms with van der Waals surface area (Å²) in [6, 6.07) is 6.26. The molecule has 1 aliphatic rings. The van der Waals surface area contributed by atoms with Gasteiger partial charge in [0.05, 0.1) is 52.2 Å². The van der Waals surface area contributed by atoms with Crippen molar-refractivity contribution in [1.82, 2.24) is 14.9 Å². The number of hydrogen-bond donors (Lipinski definition) is 1. The zero-order chi connectivity index (χ0) is 26.7. The first kappa shape index (κ1) is 27.4. The maximum absolute atomic E-state index is 13.5. The number of hydrogen-bond acceptors (Lipinski definition) is 8. The lowest BCUT2D eigenvalue weighted by Gasteiger charge is -2.34. The molecule has 9 nitrogen and oxygen atoms in total. The normalized spacial score (nSPS) is 16.5. The third-order valence-corrected chi connectivity index (χ3v) is 6.77. The van der Waals surface area contributed by atoms with Crippen LogP contribution in [0.1, 0.15) is 43.0 Å². The number of allylic oxidation sites excluding steroid dienone is 1. The molecular formula is C25H27Cl2N3O6. The van der Waals surface area contributed by atoms with Gasteiger partial charge in [0, 0.05) is 25.9 Å². The maximum atomic E-state index is 13.5. The Morgan fingerprint density at radius 1 is 1.17 bits per heavy atom. The number of esters is 2. The quantitative estimate of drug-likeness (QED) is 0.534. The number of dihydropyridines is 1. The van der Waals surface area contributed by atoms with Gasteiger partial charge in [0.25, 0.3) is 5.56 Å². The Morgan fingerprint density at radius 3 is 2.44 bits per heavy atom. The Hall–Kier alpha value is -3.14. The van der Waals surface area contributed by atoms with Crippen molar-refractivity contribution in [1.29, 1.82) is 0 Å². The molecular weight excluding hydrogens is 509 g/mol. The Balaban J connectivity index is 2.40. The van der Waals surface area contributed by atoms with E-state index in [0.717, 1.165) is 0 Å². The first-order chi connectivity index (χ1) is 17.1. The van der Waals surface area contributed by atoms with Crippen LogP contribution in [0.2, 0.25) is 10.0 Å². The number of halogens is 2. The molecule has 1 aliphatic heterocycles. The largest absolute Gasteiger partial charge is 0.466 e. The summed E-state index contributed by atoms with van der Waals surface area (Å²) in [4.78, 5) is 43.5. The van der Waals surface area contributed by atoms with Gasteiger partial charge in [-0.1, -0.05) is 35.3 Å². The van der Waals surface area contributed by atoms with E-state index in [4.69, 9.17) is 37.4 Å². The summed E-state index contributed by atoms with van der Waals surface area (Å²) < 4.78 is 17.6. The smallest absolute Gasteiger partial charge is 0.336 e. The summed E-state index contributed by atoms with van der Waals surface area (Å²) in [6.45, 7) is 5.08. The van der Waals surface area contributed by atoms with Crippen LogP contribution < -0.4 is 10.9 Å². The molecule has 2 unspecified atom stereocenters. The summed E-state index contributed by atoms with van der Waals surface area (Å²) in [5.74, 6) is -1.94. The molecule has 1 aromatic carbocycles. The van der Waals surface area contributed by atoms with Crippen LogP contribution in [0.15, 0.2) is 51.6 Å². The number of rotatable bonds is 7. The van der Waals surface area contributed by atoms with Gasteiger partial charge < -0.3 is 24.1 Å². The molecule has 0 bridgehead atoms. The molecule has 0 saturated heterocycles. The van der Waals surface area contributed by atoms with E-state index in [1.165, 1.54) is 24.9 Å². The molecule has 11 heteroatoms. The van der Waals surface area contributed by atoms with Gasteiger partial charge in [-0.25, -0.2) is 14.6 Å². The van der Waals surface area contributed by atoms with Gasteiger partial charge in [-0.2, -0.15) is 0 Å². The van der Waals surface area contributed by atoms with E-state index in [9.17, 15) is 14.4 Å². The summed E-state index contributed by atoms with van der Waals surface area (Å²) in [5, 5.41) is 3.52. The predicted molar refractivity (Wildman–Crippen MR) is 135 cm³/mol. The highest BCUT2D eigenvalue weighted by molar-refractivity contribution is 6.42. The average Bonchev–Trinajstić information content (AvgIpc) is 2.84. The molecule has 0 aliphatic carbocycles. The number of nitrogens with one attached hydrogen (secondary N) is 1. The standard InChI is InChI=1S/C25H27Cl2N3O6/c1-7-36-25(33)20-19(14-9-8-10-15(26)21(14)27)18(24(32)35-6)12(2)28-22(20)23(34-5)16-11-17(31)30(4)13(3)29-16/h8-11,19,23,28H,7H2,1-6H3. The van der Waals surface area contributed by atoms with E-state index in [0.29, 0.717) is 17.1 Å². The van der Waals surface area contributed by atoms with Gasteiger partial charge in [0.15, 0.2) is 0 Å². The zero-order valence-electron chi connectivity index (χ0n) is 20.8. The van der Waals surface area contributed by atoms with Crippen molar-refractivity contribution in [2.75, 3.05) is 20.8 Å². The number of carbonyl (C=O) groups is 2. The van der Waals surface area contributed by atoms with Gasteiger partial charge in [-0.15, -0.1) is 0 Å². The van der Waals surface area contributed by atoms with E-state index in [-0.39, 0.29) is 44.7 Å². The molecule has 0 amide bonds. The number of carbonyl (C=O) groups excluding carboxylic acids is 2. The first-order valence-electron chi connectivity index (χ1n) is 11.1. The summed E-state index contributed by atoms with van der Waals surface area (Å²) in [6.07, 6.45) is -0.980. The second-order valence-corrected chi connectivity index (χ2v) is 8.81. The van der Waals surface area contributed by atoms with Crippen LogP contribution in [-0.4, -0.2) is 42.3 Å². The van der Waals surface area contributed by atoms with Crippen LogP contribution in [0.25, 0.3) is 0 Å². The average molecular weight is 536 g/mol. The zero-order valence-corrected chi connectivity index (χ0v) is 22.3. The van der Waals surface area contributed by atoms with E-state index in [1.807, 2.05) is 0 Å². The number of nitrogens with zero attached hydrogens (tertiary/aromatic N) is 2. The van der Waals surface area contributed by atoms with Crippen molar-refractivity contribution in [2.24, 2.45) is 7.05 Å². The number of methoxy groups -OCH3 is 2. The monoisotopic (exact) mass is 535 g/mol. The van der Waals surface area contributed by atoms with Crippen LogP contribution in [-0.2, 0) is 30.8 Å². The van der Waals surface area contributed by atoms with Crippen LogP contribution in [0.3, 0.4) is 0 Å². The second kappa shape index (κ2) is 11.3. The Bertz CT molecular complexity index is 1330. The Morgan fingerprint density at radius 2 is 1.86 bits per heavy atom. The van der Waals surface area contributed by atoms with Crippen molar-refractivity contribution >= 4 is 35.1 Å². The van der Waals surface area contributed by atoms with E-state index < -0.39 is 24.0 Å². The number of benzene rings is 1. The first-order valence-corrected chi connectivity index (χ1v) is 11.8. The minimum atomic E-state index is -1.01. The molecule has 3 rings (SSSR count). The van der Waals surface area contributed by atoms with Crippen molar-refractivity contribution in [3.63, 3.8) is 0 Å². The van der Waals surface area contributed by atoms with E-state index >= 15 is 0 Å². The Labute approximate surface area is 218 Å². The van der Waals surface area contributed by atoms with Crippen LogP contribution in [0.4, 0.5) is 0 Å². The summed E-state index contributed by atoms with van der Waals surface area (Å²) in [7, 11) is 4.27. The molecule has 192 valence electrons. The van der Waals surface area contributed by atoms with Gasteiger partial charge in [-0.3, -0.25) is 4.79 Å². The fourth-order valence-electron chi connectivity index (χ4n) is 4.13. The SMILES string of the molecule is CCOC(=O)C1=C(C(OC)c2cc(=O)n(C)c(C)n2)NC(C)=C(C(=O)OC)C1c1cccc(Cl)c1Cl.